The van der Waals surface area contributed by atoms with Crippen LogP contribution in [0.3, 0.4) is 0 Å². The van der Waals surface area contributed by atoms with Gasteiger partial charge in [-0.05, 0) is 55.9 Å². The Balaban J connectivity index is 1.75. The molecule has 4 aliphatic carbocycles. The topological polar surface area (TPSA) is 77.8 Å². The van der Waals surface area contributed by atoms with Gasteiger partial charge in [0, 0.05) is 17.3 Å². The molecule has 0 aromatic heterocycles. The highest BCUT2D eigenvalue weighted by molar-refractivity contribution is 5.95. The Hall–Kier alpha value is -0.970. The van der Waals surface area contributed by atoms with Crippen LogP contribution in [0.4, 0.5) is 0 Å². The summed E-state index contributed by atoms with van der Waals surface area (Å²) in [4.78, 5) is 12.1. The SMILES string of the molecule is CC(=O)C1=CC[C@@H]2[C@H]3CC=C4C[C@@H](O)C[C@H](O)[C@]4(C)[C@@H]3[C@@H](O)C[C@]12C. The Morgan fingerprint density at radius 2 is 1.88 bits per heavy atom. The summed E-state index contributed by atoms with van der Waals surface area (Å²) in [5, 5.41) is 32.1. The van der Waals surface area contributed by atoms with Crippen molar-refractivity contribution in [3.05, 3.63) is 23.3 Å². The summed E-state index contributed by atoms with van der Waals surface area (Å²) < 4.78 is 0. The lowest BCUT2D eigenvalue weighted by molar-refractivity contribution is -0.148. The van der Waals surface area contributed by atoms with Crippen molar-refractivity contribution in [2.75, 3.05) is 0 Å². The lowest BCUT2D eigenvalue weighted by Gasteiger charge is -2.60. The second-order valence-electron chi connectivity index (χ2n) is 9.25. The number of carbonyl (C=O) groups excluding carboxylic acids is 1. The fourth-order valence-corrected chi connectivity index (χ4v) is 6.94. The number of aliphatic hydroxyl groups excluding tert-OH is 3. The van der Waals surface area contributed by atoms with Crippen molar-refractivity contribution < 1.29 is 20.1 Å². The first kappa shape index (κ1) is 17.4. The van der Waals surface area contributed by atoms with Gasteiger partial charge in [0.2, 0.25) is 0 Å². The van der Waals surface area contributed by atoms with E-state index >= 15 is 0 Å². The summed E-state index contributed by atoms with van der Waals surface area (Å²) in [7, 11) is 0. The first-order chi connectivity index (χ1) is 11.7. The zero-order valence-corrected chi connectivity index (χ0v) is 15.4. The van der Waals surface area contributed by atoms with Gasteiger partial charge in [0.05, 0.1) is 18.3 Å². The Labute approximate surface area is 149 Å². The minimum absolute atomic E-state index is 0.00668. The minimum atomic E-state index is -0.629. The average molecular weight is 346 g/mol. The third kappa shape index (κ3) is 2.20. The van der Waals surface area contributed by atoms with Gasteiger partial charge in [-0.15, -0.1) is 0 Å². The minimum Gasteiger partial charge on any atom is -0.393 e. The zero-order valence-electron chi connectivity index (χ0n) is 15.4. The molecule has 8 atom stereocenters. The van der Waals surface area contributed by atoms with Crippen molar-refractivity contribution in [1.82, 2.24) is 0 Å². The van der Waals surface area contributed by atoms with Gasteiger partial charge in [0.1, 0.15) is 0 Å². The number of rotatable bonds is 1. The molecule has 4 rings (SSSR count). The molecule has 0 unspecified atom stereocenters. The van der Waals surface area contributed by atoms with Crippen LogP contribution in [0.1, 0.15) is 52.9 Å². The maximum Gasteiger partial charge on any atom is 0.156 e. The molecule has 0 aliphatic heterocycles. The van der Waals surface area contributed by atoms with E-state index in [1.54, 1.807) is 6.92 Å². The summed E-state index contributed by atoms with van der Waals surface area (Å²) in [6, 6.07) is 0. The summed E-state index contributed by atoms with van der Waals surface area (Å²) in [5.74, 6) is 0.719. The molecule has 138 valence electrons. The highest BCUT2D eigenvalue weighted by atomic mass is 16.3. The van der Waals surface area contributed by atoms with Crippen LogP contribution in [0.2, 0.25) is 0 Å². The Morgan fingerprint density at radius 1 is 1.16 bits per heavy atom. The van der Waals surface area contributed by atoms with Crippen LogP contribution in [-0.4, -0.2) is 39.4 Å². The lowest BCUT2D eigenvalue weighted by atomic mass is 9.46. The molecular weight excluding hydrogens is 316 g/mol. The molecule has 2 fully saturated rings. The van der Waals surface area contributed by atoms with E-state index in [4.69, 9.17) is 0 Å². The van der Waals surface area contributed by atoms with E-state index in [9.17, 15) is 20.1 Å². The Morgan fingerprint density at radius 3 is 2.56 bits per heavy atom. The highest BCUT2D eigenvalue weighted by Crippen LogP contribution is 2.64. The van der Waals surface area contributed by atoms with E-state index in [1.165, 1.54) is 0 Å². The Kier molecular flexibility index (Phi) is 3.85. The lowest BCUT2D eigenvalue weighted by Crippen LogP contribution is -2.60. The van der Waals surface area contributed by atoms with Crippen molar-refractivity contribution in [1.29, 1.82) is 0 Å². The van der Waals surface area contributed by atoms with Gasteiger partial charge in [0.15, 0.2) is 5.78 Å². The van der Waals surface area contributed by atoms with Crippen LogP contribution in [0.15, 0.2) is 23.3 Å². The summed E-state index contributed by atoms with van der Waals surface area (Å²) >= 11 is 0. The normalized spacial score (nSPS) is 51.8. The van der Waals surface area contributed by atoms with E-state index in [0.717, 1.165) is 24.0 Å². The molecule has 3 N–H and O–H groups in total. The number of Topliss-reactive ketones (excluding diaryl/α,β-unsaturated/α-hetero) is 1. The van der Waals surface area contributed by atoms with Crippen molar-refractivity contribution in [3.8, 4) is 0 Å². The van der Waals surface area contributed by atoms with E-state index in [-0.39, 0.29) is 23.0 Å². The summed E-state index contributed by atoms with van der Waals surface area (Å²) in [6.45, 7) is 5.84. The van der Waals surface area contributed by atoms with Gasteiger partial charge in [-0.1, -0.05) is 31.6 Å². The van der Waals surface area contributed by atoms with Crippen molar-refractivity contribution in [2.45, 2.75) is 71.2 Å². The predicted molar refractivity (Wildman–Crippen MR) is 94.6 cm³/mol. The number of aliphatic hydroxyl groups is 3. The molecule has 2 saturated carbocycles. The molecule has 0 spiro atoms. The molecule has 0 bridgehead atoms. The smallest absolute Gasteiger partial charge is 0.156 e. The molecular formula is C21H30O4. The summed E-state index contributed by atoms with van der Waals surface area (Å²) in [6.07, 6.45) is 5.95. The quantitative estimate of drug-likeness (QED) is 0.637. The van der Waals surface area contributed by atoms with Gasteiger partial charge in [-0.25, -0.2) is 0 Å². The third-order valence-corrected chi connectivity index (χ3v) is 8.08. The van der Waals surface area contributed by atoms with E-state index < -0.39 is 23.7 Å². The Bertz CT molecular complexity index is 665. The van der Waals surface area contributed by atoms with Gasteiger partial charge < -0.3 is 15.3 Å². The second-order valence-corrected chi connectivity index (χ2v) is 9.25. The molecule has 0 saturated heterocycles. The first-order valence-corrected chi connectivity index (χ1v) is 9.65. The van der Waals surface area contributed by atoms with E-state index in [0.29, 0.717) is 25.2 Å². The maximum absolute atomic E-state index is 12.1. The van der Waals surface area contributed by atoms with Gasteiger partial charge in [-0.3, -0.25) is 4.79 Å². The predicted octanol–water partition coefficient (Wildman–Crippen LogP) is 2.38. The molecule has 0 amide bonds. The largest absolute Gasteiger partial charge is 0.393 e. The standard InChI is InChI=1S/C21H30O4/c1-11(22)15-6-7-16-14-5-4-12-8-13(23)9-18(25)21(12,3)19(14)17(24)10-20(15,16)2/h4,6,13-14,16-19,23-25H,5,7-10H2,1-3H3/t13-,14-,16-,17+,18+,19+,20-,21-/m1/s1. The number of ketones is 1. The molecule has 0 aromatic carbocycles. The number of hydrogen-bond donors (Lipinski definition) is 3. The van der Waals surface area contributed by atoms with Gasteiger partial charge in [0.25, 0.3) is 0 Å². The third-order valence-electron chi connectivity index (χ3n) is 8.08. The first-order valence-electron chi connectivity index (χ1n) is 9.65. The van der Waals surface area contributed by atoms with E-state index in [1.807, 2.05) is 0 Å². The molecule has 25 heavy (non-hydrogen) atoms. The van der Waals surface area contributed by atoms with Crippen LogP contribution in [0.25, 0.3) is 0 Å². The van der Waals surface area contributed by atoms with Crippen LogP contribution < -0.4 is 0 Å². The van der Waals surface area contributed by atoms with Crippen LogP contribution in [0, 0.1) is 28.6 Å². The molecule has 4 heteroatoms. The van der Waals surface area contributed by atoms with Crippen molar-refractivity contribution in [3.63, 3.8) is 0 Å². The molecule has 0 aromatic rings. The monoisotopic (exact) mass is 346 g/mol. The van der Waals surface area contributed by atoms with Crippen molar-refractivity contribution >= 4 is 5.78 Å². The number of allylic oxidation sites excluding steroid dienone is 3. The fourth-order valence-electron chi connectivity index (χ4n) is 6.94. The van der Waals surface area contributed by atoms with Gasteiger partial charge in [-0.2, -0.15) is 0 Å². The number of fused-ring (bicyclic) bond motifs is 5. The fraction of sp³-hybridized carbons (Fsp3) is 0.762. The van der Waals surface area contributed by atoms with Gasteiger partial charge >= 0.3 is 0 Å². The average Bonchev–Trinajstić information content (AvgIpc) is 2.85. The van der Waals surface area contributed by atoms with Crippen LogP contribution in [-0.2, 0) is 4.79 Å². The molecule has 0 heterocycles. The zero-order chi connectivity index (χ0) is 18.1. The molecule has 4 aliphatic rings. The highest BCUT2D eigenvalue weighted by Gasteiger charge is 2.62. The number of carbonyl (C=O) groups is 1. The second kappa shape index (κ2) is 5.51. The number of hydrogen-bond acceptors (Lipinski definition) is 4. The van der Waals surface area contributed by atoms with Crippen LogP contribution >= 0.6 is 0 Å². The maximum atomic E-state index is 12.1. The van der Waals surface area contributed by atoms with Crippen molar-refractivity contribution in [2.24, 2.45) is 28.6 Å². The van der Waals surface area contributed by atoms with E-state index in [2.05, 4.69) is 26.0 Å². The van der Waals surface area contributed by atoms with Crippen LogP contribution in [0.5, 0.6) is 0 Å². The summed E-state index contributed by atoms with van der Waals surface area (Å²) in [5.41, 5.74) is 1.27. The molecule has 4 nitrogen and oxygen atoms in total. The molecule has 0 radical (unpaired) electrons.